The maximum absolute atomic E-state index is 12.2. The minimum absolute atomic E-state index is 0.00616. The Morgan fingerprint density at radius 3 is 3.00 bits per heavy atom. The van der Waals surface area contributed by atoms with Crippen LogP contribution >= 0.6 is 11.8 Å². The molecule has 1 aromatic carbocycles. The molecular weight excluding hydrogens is 284 g/mol. The normalized spacial score (nSPS) is 12.5. The number of nitrogens with one attached hydrogen (secondary N) is 2. The number of hydrogen-bond acceptors (Lipinski definition) is 3. The van der Waals surface area contributed by atoms with Crippen LogP contribution in [0.25, 0.3) is 10.9 Å². The van der Waals surface area contributed by atoms with Crippen LogP contribution in [0.1, 0.15) is 17.5 Å². The third kappa shape index (κ3) is 4.02. The standard InChI is InChI=1S/C16H22N2O2S/c1-11-4-3-5-14-16(11)12(9-17-14)8-15(20)18-13(6-7-19)10-21-2/h3-5,9,13,17,19H,6-8,10H2,1-2H3,(H,18,20). The number of aliphatic hydroxyl groups excluding tert-OH is 1. The number of benzene rings is 1. The zero-order valence-electron chi connectivity index (χ0n) is 12.5. The van der Waals surface area contributed by atoms with Gasteiger partial charge in [-0.2, -0.15) is 11.8 Å². The Kier molecular flexibility index (Phi) is 5.70. The number of hydrogen-bond donors (Lipinski definition) is 3. The number of carbonyl (C=O) groups excluding carboxylic acids is 1. The van der Waals surface area contributed by atoms with E-state index in [1.54, 1.807) is 11.8 Å². The number of aryl methyl sites for hydroxylation is 1. The van der Waals surface area contributed by atoms with Crippen LogP contribution in [0, 0.1) is 6.92 Å². The van der Waals surface area contributed by atoms with Crippen molar-refractivity contribution in [1.29, 1.82) is 0 Å². The molecule has 2 rings (SSSR count). The van der Waals surface area contributed by atoms with Crippen LogP contribution < -0.4 is 5.32 Å². The molecule has 0 saturated carbocycles. The van der Waals surface area contributed by atoms with Crippen molar-refractivity contribution in [2.45, 2.75) is 25.8 Å². The van der Waals surface area contributed by atoms with Crippen LogP contribution in [-0.4, -0.2) is 40.7 Å². The average molecular weight is 306 g/mol. The smallest absolute Gasteiger partial charge is 0.224 e. The van der Waals surface area contributed by atoms with Crippen molar-refractivity contribution in [1.82, 2.24) is 10.3 Å². The number of amides is 1. The summed E-state index contributed by atoms with van der Waals surface area (Å²) >= 11 is 1.67. The molecular formula is C16H22N2O2S. The van der Waals surface area contributed by atoms with Crippen molar-refractivity contribution in [3.63, 3.8) is 0 Å². The van der Waals surface area contributed by atoms with E-state index in [2.05, 4.69) is 23.3 Å². The number of rotatable bonds is 7. The van der Waals surface area contributed by atoms with Crippen LogP contribution in [0.15, 0.2) is 24.4 Å². The first-order valence-electron chi connectivity index (χ1n) is 7.10. The van der Waals surface area contributed by atoms with E-state index in [4.69, 9.17) is 5.11 Å². The number of thioether (sulfide) groups is 1. The number of aliphatic hydroxyl groups is 1. The summed E-state index contributed by atoms with van der Waals surface area (Å²) in [5.74, 6) is 0.825. The Balaban J connectivity index is 2.07. The second kappa shape index (κ2) is 7.52. The minimum Gasteiger partial charge on any atom is -0.396 e. The van der Waals surface area contributed by atoms with Gasteiger partial charge in [-0.1, -0.05) is 12.1 Å². The van der Waals surface area contributed by atoms with E-state index in [9.17, 15) is 4.79 Å². The van der Waals surface area contributed by atoms with Crippen molar-refractivity contribution < 1.29 is 9.90 Å². The Bertz CT molecular complexity index is 603. The lowest BCUT2D eigenvalue weighted by Crippen LogP contribution is -2.38. The summed E-state index contributed by atoms with van der Waals surface area (Å²) in [6.45, 7) is 2.15. The van der Waals surface area contributed by atoms with Gasteiger partial charge in [0.25, 0.3) is 0 Å². The molecule has 0 aliphatic carbocycles. The van der Waals surface area contributed by atoms with Crippen LogP contribution in [-0.2, 0) is 11.2 Å². The molecule has 0 spiro atoms. The second-order valence-corrected chi connectivity index (χ2v) is 6.13. The molecule has 4 nitrogen and oxygen atoms in total. The van der Waals surface area contributed by atoms with Gasteiger partial charge in [-0.05, 0) is 36.8 Å². The van der Waals surface area contributed by atoms with Gasteiger partial charge < -0.3 is 15.4 Å². The first-order valence-corrected chi connectivity index (χ1v) is 8.49. The minimum atomic E-state index is 0.00616. The van der Waals surface area contributed by atoms with Gasteiger partial charge in [-0.15, -0.1) is 0 Å². The van der Waals surface area contributed by atoms with Gasteiger partial charge >= 0.3 is 0 Å². The number of carbonyl (C=O) groups is 1. The fraction of sp³-hybridized carbons (Fsp3) is 0.438. The molecule has 0 aliphatic rings. The Labute approximate surface area is 129 Å². The van der Waals surface area contributed by atoms with Crippen LogP contribution in [0.5, 0.6) is 0 Å². The monoisotopic (exact) mass is 306 g/mol. The lowest BCUT2D eigenvalue weighted by atomic mass is 10.1. The summed E-state index contributed by atoms with van der Waals surface area (Å²) in [4.78, 5) is 15.4. The van der Waals surface area contributed by atoms with E-state index < -0.39 is 0 Å². The molecule has 114 valence electrons. The molecule has 0 saturated heterocycles. The lowest BCUT2D eigenvalue weighted by molar-refractivity contribution is -0.121. The molecule has 0 bridgehead atoms. The maximum Gasteiger partial charge on any atom is 0.224 e. The van der Waals surface area contributed by atoms with Crippen molar-refractivity contribution >= 4 is 28.6 Å². The zero-order chi connectivity index (χ0) is 15.2. The SMILES string of the molecule is CSCC(CCO)NC(=O)Cc1c[nH]c2cccc(C)c12. The first-order chi connectivity index (χ1) is 10.2. The summed E-state index contributed by atoms with van der Waals surface area (Å²) in [7, 11) is 0. The maximum atomic E-state index is 12.2. The summed E-state index contributed by atoms with van der Waals surface area (Å²) in [6, 6.07) is 6.11. The van der Waals surface area contributed by atoms with Crippen molar-refractivity contribution in [2.24, 2.45) is 0 Å². The van der Waals surface area contributed by atoms with E-state index in [0.717, 1.165) is 22.2 Å². The van der Waals surface area contributed by atoms with Crippen LogP contribution in [0.3, 0.4) is 0 Å². The molecule has 0 aliphatic heterocycles. The van der Waals surface area contributed by atoms with E-state index in [1.165, 1.54) is 5.56 Å². The van der Waals surface area contributed by atoms with Gasteiger partial charge in [0, 0.05) is 35.5 Å². The van der Waals surface area contributed by atoms with E-state index in [-0.39, 0.29) is 18.6 Å². The zero-order valence-corrected chi connectivity index (χ0v) is 13.3. The third-order valence-corrected chi connectivity index (χ3v) is 4.29. The van der Waals surface area contributed by atoms with E-state index >= 15 is 0 Å². The Morgan fingerprint density at radius 1 is 1.48 bits per heavy atom. The number of H-pyrrole nitrogens is 1. The van der Waals surface area contributed by atoms with Gasteiger partial charge in [-0.25, -0.2) is 0 Å². The van der Waals surface area contributed by atoms with Gasteiger partial charge in [0.15, 0.2) is 0 Å². The molecule has 21 heavy (non-hydrogen) atoms. The Morgan fingerprint density at radius 2 is 2.29 bits per heavy atom. The topological polar surface area (TPSA) is 65.1 Å². The van der Waals surface area contributed by atoms with E-state index in [1.807, 2.05) is 24.6 Å². The fourth-order valence-electron chi connectivity index (χ4n) is 2.60. The number of aromatic amines is 1. The van der Waals surface area contributed by atoms with Gasteiger partial charge in [0.1, 0.15) is 0 Å². The van der Waals surface area contributed by atoms with Gasteiger partial charge in [-0.3, -0.25) is 4.79 Å². The molecule has 1 atom stereocenters. The molecule has 5 heteroatoms. The lowest BCUT2D eigenvalue weighted by Gasteiger charge is -2.16. The molecule has 0 radical (unpaired) electrons. The van der Waals surface area contributed by atoms with Crippen LogP contribution in [0.2, 0.25) is 0 Å². The fourth-order valence-corrected chi connectivity index (χ4v) is 3.25. The predicted molar refractivity (Wildman–Crippen MR) is 88.8 cm³/mol. The Hall–Kier alpha value is -1.46. The van der Waals surface area contributed by atoms with Crippen molar-refractivity contribution in [3.8, 4) is 0 Å². The average Bonchev–Trinajstić information content (AvgIpc) is 2.84. The van der Waals surface area contributed by atoms with Crippen molar-refractivity contribution in [3.05, 3.63) is 35.5 Å². The predicted octanol–water partition coefficient (Wildman–Crippen LogP) is 2.25. The molecule has 1 heterocycles. The largest absolute Gasteiger partial charge is 0.396 e. The van der Waals surface area contributed by atoms with Gasteiger partial charge in [0.05, 0.1) is 6.42 Å². The molecule has 1 unspecified atom stereocenters. The number of fused-ring (bicyclic) bond motifs is 1. The molecule has 0 fully saturated rings. The number of aromatic nitrogens is 1. The quantitative estimate of drug-likeness (QED) is 0.735. The second-order valence-electron chi connectivity index (χ2n) is 5.22. The molecule has 1 amide bonds. The first kappa shape index (κ1) is 15.9. The van der Waals surface area contributed by atoms with E-state index in [0.29, 0.717) is 12.8 Å². The summed E-state index contributed by atoms with van der Waals surface area (Å²) in [5, 5.41) is 13.2. The highest BCUT2D eigenvalue weighted by atomic mass is 32.2. The molecule has 2 aromatic rings. The summed E-state index contributed by atoms with van der Waals surface area (Å²) in [5.41, 5.74) is 3.26. The highest BCUT2D eigenvalue weighted by Gasteiger charge is 2.14. The summed E-state index contributed by atoms with van der Waals surface area (Å²) < 4.78 is 0. The highest BCUT2D eigenvalue weighted by molar-refractivity contribution is 7.98. The molecule has 1 aromatic heterocycles. The molecule has 3 N–H and O–H groups in total. The van der Waals surface area contributed by atoms with Gasteiger partial charge in [0.2, 0.25) is 5.91 Å². The third-order valence-electron chi connectivity index (χ3n) is 3.56. The summed E-state index contributed by atoms with van der Waals surface area (Å²) in [6.07, 6.45) is 4.87. The van der Waals surface area contributed by atoms with Crippen LogP contribution in [0.4, 0.5) is 0 Å². The highest BCUT2D eigenvalue weighted by Crippen LogP contribution is 2.22. The van der Waals surface area contributed by atoms with Crippen molar-refractivity contribution in [2.75, 3.05) is 18.6 Å².